The molecule has 0 aromatic heterocycles. The van der Waals surface area contributed by atoms with Crippen LogP contribution in [0.25, 0.3) is 0 Å². The Morgan fingerprint density at radius 3 is 2.31 bits per heavy atom. The number of benzene rings is 1. The van der Waals surface area contributed by atoms with Crippen LogP contribution in [0.15, 0.2) is 30.3 Å². The van der Waals surface area contributed by atoms with Crippen LogP contribution in [0.1, 0.15) is 19.4 Å². The Labute approximate surface area is 79.5 Å². The van der Waals surface area contributed by atoms with E-state index in [1.807, 2.05) is 44.2 Å². The van der Waals surface area contributed by atoms with E-state index in [9.17, 15) is 0 Å². The minimum atomic E-state index is -0.615. The molecule has 0 radical (unpaired) electrons. The molecular formula is C11H16O2. The lowest BCUT2D eigenvalue weighted by atomic mass is 10.1. The topological polar surface area (TPSA) is 18.5 Å². The van der Waals surface area contributed by atoms with E-state index < -0.39 is 5.79 Å². The van der Waals surface area contributed by atoms with E-state index in [-0.39, 0.29) is 0 Å². The van der Waals surface area contributed by atoms with E-state index in [4.69, 9.17) is 9.47 Å². The highest BCUT2D eigenvalue weighted by molar-refractivity contribution is 5.19. The molecule has 0 N–H and O–H groups in total. The highest BCUT2D eigenvalue weighted by atomic mass is 16.7. The first-order valence-corrected chi connectivity index (χ1v) is 4.47. The molecule has 0 fully saturated rings. The van der Waals surface area contributed by atoms with E-state index in [2.05, 4.69) is 0 Å². The van der Waals surface area contributed by atoms with Crippen LogP contribution in [0, 0.1) is 0 Å². The Morgan fingerprint density at radius 1 is 1.23 bits per heavy atom. The lowest BCUT2D eigenvalue weighted by Crippen LogP contribution is -2.28. The average molecular weight is 180 g/mol. The molecule has 0 bridgehead atoms. The lowest BCUT2D eigenvalue weighted by Gasteiger charge is -2.28. The summed E-state index contributed by atoms with van der Waals surface area (Å²) in [5.41, 5.74) is 1.04. The highest BCUT2D eigenvalue weighted by Crippen LogP contribution is 2.25. The monoisotopic (exact) mass is 180 g/mol. The summed E-state index contributed by atoms with van der Waals surface area (Å²) in [6.07, 6.45) is 0. The summed E-state index contributed by atoms with van der Waals surface area (Å²) < 4.78 is 10.9. The predicted molar refractivity (Wildman–Crippen MR) is 52.4 cm³/mol. The number of hydrogen-bond donors (Lipinski definition) is 0. The van der Waals surface area contributed by atoms with Gasteiger partial charge in [0.15, 0.2) is 5.79 Å². The van der Waals surface area contributed by atoms with Gasteiger partial charge in [0.1, 0.15) is 0 Å². The third kappa shape index (κ3) is 2.29. The van der Waals surface area contributed by atoms with Crippen LogP contribution in [0.3, 0.4) is 0 Å². The molecule has 0 aliphatic heterocycles. The molecule has 0 aliphatic rings. The second kappa shape index (κ2) is 4.40. The normalized spacial score (nSPS) is 15.3. The first kappa shape index (κ1) is 10.2. The van der Waals surface area contributed by atoms with Gasteiger partial charge < -0.3 is 9.47 Å². The summed E-state index contributed by atoms with van der Waals surface area (Å²) in [6, 6.07) is 9.93. The van der Waals surface area contributed by atoms with E-state index in [1.54, 1.807) is 7.11 Å². The van der Waals surface area contributed by atoms with Crippen LogP contribution in [0.5, 0.6) is 0 Å². The molecule has 0 saturated carbocycles. The number of ether oxygens (including phenoxy) is 2. The maximum Gasteiger partial charge on any atom is 0.191 e. The molecule has 2 heteroatoms. The molecule has 0 heterocycles. The van der Waals surface area contributed by atoms with Crippen LogP contribution in [0.4, 0.5) is 0 Å². The SMILES string of the molecule is CCOC(C)(OC)c1ccccc1. The summed E-state index contributed by atoms with van der Waals surface area (Å²) in [6.45, 7) is 4.52. The van der Waals surface area contributed by atoms with Gasteiger partial charge in [0.2, 0.25) is 0 Å². The van der Waals surface area contributed by atoms with E-state index in [0.717, 1.165) is 5.56 Å². The predicted octanol–water partition coefficient (Wildman–Crippen LogP) is 2.54. The van der Waals surface area contributed by atoms with Crippen molar-refractivity contribution in [1.82, 2.24) is 0 Å². The van der Waals surface area contributed by atoms with Crippen molar-refractivity contribution in [2.75, 3.05) is 13.7 Å². The molecule has 2 nitrogen and oxygen atoms in total. The van der Waals surface area contributed by atoms with Crippen molar-refractivity contribution in [2.45, 2.75) is 19.6 Å². The Kier molecular flexibility index (Phi) is 3.46. The Balaban J connectivity index is 2.89. The Hall–Kier alpha value is -0.860. The standard InChI is InChI=1S/C11H16O2/c1-4-13-11(2,12-3)10-8-6-5-7-9-10/h5-9H,4H2,1-3H3. The van der Waals surface area contributed by atoms with Gasteiger partial charge in [-0.2, -0.15) is 0 Å². The van der Waals surface area contributed by atoms with Gasteiger partial charge in [0.05, 0.1) is 0 Å². The Morgan fingerprint density at radius 2 is 1.85 bits per heavy atom. The summed E-state index contributed by atoms with van der Waals surface area (Å²) >= 11 is 0. The van der Waals surface area contributed by atoms with Crippen LogP contribution in [0.2, 0.25) is 0 Å². The molecule has 0 saturated heterocycles. The van der Waals surface area contributed by atoms with Crippen molar-refractivity contribution in [3.63, 3.8) is 0 Å². The molecule has 1 rings (SSSR count). The summed E-state index contributed by atoms with van der Waals surface area (Å²) in [5.74, 6) is -0.615. The molecule has 1 unspecified atom stereocenters. The third-order valence-corrected chi connectivity index (χ3v) is 2.11. The van der Waals surface area contributed by atoms with E-state index in [0.29, 0.717) is 6.61 Å². The average Bonchev–Trinajstić information content (AvgIpc) is 2.19. The van der Waals surface area contributed by atoms with E-state index >= 15 is 0 Å². The Bertz CT molecular complexity index is 246. The zero-order valence-corrected chi connectivity index (χ0v) is 8.41. The number of methoxy groups -OCH3 is 1. The minimum absolute atomic E-state index is 0.615. The molecule has 1 atom stereocenters. The molecule has 0 amide bonds. The molecule has 1 aromatic rings. The molecule has 0 aliphatic carbocycles. The van der Waals surface area contributed by atoms with Gasteiger partial charge in [-0.05, 0) is 13.8 Å². The van der Waals surface area contributed by atoms with Gasteiger partial charge in [-0.1, -0.05) is 30.3 Å². The van der Waals surface area contributed by atoms with Crippen LogP contribution < -0.4 is 0 Å². The molecule has 13 heavy (non-hydrogen) atoms. The fourth-order valence-corrected chi connectivity index (χ4v) is 1.28. The summed E-state index contributed by atoms with van der Waals surface area (Å²) in [5, 5.41) is 0. The zero-order valence-electron chi connectivity index (χ0n) is 8.41. The van der Waals surface area contributed by atoms with Crippen LogP contribution in [-0.4, -0.2) is 13.7 Å². The largest absolute Gasteiger partial charge is 0.349 e. The first-order valence-electron chi connectivity index (χ1n) is 4.47. The molecule has 0 spiro atoms. The van der Waals surface area contributed by atoms with Gasteiger partial charge in [-0.3, -0.25) is 0 Å². The zero-order chi connectivity index (χ0) is 9.73. The van der Waals surface area contributed by atoms with Crippen molar-refractivity contribution in [3.8, 4) is 0 Å². The third-order valence-electron chi connectivity index (χ3n) is 2.11. The van der Waals surface area contributed by atoms with Crippen LogP contribution in [-0.2, 0) is 15.3 Å². The van der Waals surface area contributed by atoms with Gasteiger partial charge >= 0.3 is 0 Å². The van der Waals surface area contributed by atoms with Gasteiger partial charge in [0, 0.05) is 19.3 Å². The molecule has 72 valence electrons. The van der Waals surface area contributed by atoms with Crippen molar-refractivity contribution in [2.24, 2.45) is 0 Å². The maximum atomic E-state index is 5.54. The lowest BCUT2D eigenvalue weighted by molar-refractivity contribution is -0.216. The summed E-state index contributed by atoms with van der Waals surface area (Å²) in [7, 11) is 1.66. The van der Waals surface area contributed by atoms with Gasteiger partial charge in [-0.15, -0.1) is 0 Å². The van der Waals surface area contributed by atoms with Gasteiger partial charge in [0.25, 0.3) is 0 Å². The van der Waals surface area contributed by atoms with E-state index in [1.165, 1.54) is 0 Å². The molecular weight excluding hydrogens is 164 g/mol. The van der Waals surface area contributed by atoms with Crippen LogP contribution >= 0.6 is 0 Å². The minimum Gasteiger partial charge on any atom is -0.349 e. The number of rotatable bonds is 4. The maximum absolute atomic E-state index is 5.54. The molecule has 1 aromatic carbocycles. The fourth-order valence-electron chi connectivity index (χ4n) is 1.28. The van der Waals surface area contributed by atoms with Crippen molar-refractivity contribution in [1.29, 1.82) is 0 Å². The highest BCUT2D eigenvalue weighted by Gasteiger charge is 2.25. The van der Waals surface area contributed by atoms with Crippen molar-refractivity contribution >= 4 is 0 Å². The summed E-state index contributed by atoms with van der Waals surface area (Å²) in [4.78, 5) is 0. The smallest absolute Gasteiger partial charge is 0.191 e. The fraction of sp³-hybridized carbons (Fsp3) is 0.455. The van der Waals surface area contributed by atoms with Gasteiger partial charge in [-0.25, -0.2) is 0 Å². The quantitative estimate of drug-likeness (QED) is 0.663. The second-order valence-corrected chi connectivity index (χ2v) is 2.95. The van der Waals surface area contributed by atoms with Crippen molar-refractivity contribution in [3.05, 3.63) is 35.9 Å². The number of hydrogen-bond acceptors (Lipinski definition) is 2. The second-order valence-electron chi connectivity index (χ2n) is 2.95. The van der Waals surface area contributed by atoms with Crippen molar-refractivity contribution < 1.29 is 9.47 Å². The first-order chi connectivity index (χ1) is 6.23.